The zero-order valence-corrected chi connectivity index (χ0v) is 12.0. The van der Waals surface area contributed by atoms with Gasteiger partial charge in [0, 0.05) is 12.5 Å². The third kappa shape index (κ3) is 7.85. The van der Waals surface area contributed by atoms with Crippen molar-refractivity contribution in [1.82, 2.24) is 5.32 Å². The van der Waals surface area contributed by atoms with Gasteiger partial charge in [-0.05, 0) is 25.2 Å². The second-order valence-electron chi connectivity index (χ2n) is 5.63. The molecule has 0 aromatic rings. The summed E-state index contributed by atoms with van der Waals surface area (Å²) in [5, 5.41) is 11.7. The molecule has 1 unspecified atom stereocenters. The minimum Gasteiger partial charge on any atom is -0.481 e. The number of carbonyl (C=O) groups excluding carboxylic acids is 1. The van der Waals surface area contributed by atoms with Gasteiger partial charge in [-0.25, -0.2) is 0 Å². The maximum absolute atomic E-state index is 11.8. The maximum atomic E-state index is 11.8. The van der Waals surface area contributed by atoms with Crippen molar-refractivity contribution in [3.05, 3.63) is 0 Å². The van der Waals surface area contributed by atoms with Crippen molar-refractivity contribution in [3.8, 4) is 0 Å². The highest BCUT2D eigenvalue weighted by Gasteiger charge is 2.33. The lowest BCUT2D eigenvalue weighted by Gasteiger charge is -2.16. The van der Waals surface area contributed by atoms with E-state index in [9.17, 15) is 9.59 Å². The van der Waals surface area contributed by atoms with Crippen molar-refractivity contribution in [2.45, 2.75) is 77.2 Å². The van der Waals surface area contributed by atoms with Gasteiger partial charge in [0.25, 0.3) is 0 Å². The van der Waals surface area contributed by atoms with Crippen molar-refractivity contribution >= 4 is 11.9 Å². The molecule has 4 nitrogen and oxygen atoms in total. The summed E-state index contributed by atoms with van der Waals surface area (Å²) in [5.74, 6) is -0.407. The lowest BCUT2D eigenvalue weighted by molar-refractivity contribution is -0.137. The van der Waals surface area contributed by atoms with Gasteiger partial charge < -0.3 is 10.4 Å². The first-order valence-corrected chi connectivity index (χ1v) is 7.64. The number of amides is 1. The molecule has 0 bridgehead atoms. The van der Waals surface area contributed by atoms with E-state index >= 15 is 0 Å². The molecule has 0 heterocycles. The SMILES string of the molecule is CCCCCCCCC(=O)NC(CC(=O)O)C1CC1. The summed E-state index contributed by atoms with van der Waals surface area (Å²) in [6.07, 6.45) is 9.67. The monoisotopic (exact) mass is 269 g/mol. The molecule has 1 rings (SSSR count). The molecule has 1 fully saturated rings. The molecule has 110 valence electrons. The van der Waals surface area contributed by atoms with Crippen molar-refractivity contribution in [2.75, 3.05) is 0 Å². The number of nitrogens with one attached hydrogen (secondary N) is 1. The molecule has 0 spiro atoms. The van der Waals surface area contributed by atoms with Gasteiger partial charge in [-0.15, -0.1) is 0 Å². The van der Waals surface area contributed by atoms with E-state index in [1.54, 1.807) is 0 Å². The molecule has 1 atom stereocenters. The Morgan fingerprint density at radius 1 is 1.16 bits per heavy atom. The van der Waals surface area contributed by atoms with Crippen LogP contribution in [-0.2, 0) is 9.59 Å². The topological polar surface area (TPSA) is 66.4 Å². The summed E-state index contributed by atoms with van der Waals surface area (Å²) in [7, 11) is 0. The van der Waals surface area contributed by atoms with Crippen molar-refractivity contribution < 1.29 is 14.7 Å². The van der Waals surface area contributed by atoms with E-state index in [-0.39, 0.29) is 18.4 Å². The van der Waals surface area contributed by atoms with Gasteiger partial charge in [-0.1, -0.05) is 39.0 Å². The van der Waals surface area contributed by atoms with Crippen molar-refractivity contribution in [3.63, 3.8) is 0 Å². The first kappa shape index (κ1) is 16.0. The van der Waals surface area contributed by atoms with Crippen LogP contribution in [0.1, 0.15) is 71.1 Å². The molecule has 0 saturated heterocycles. The van der Waals surface area contributed by atoms with E-state index in [1.165, 1.54) is 25.7 Å². The number of hydrogen-bond acceptors (Lipinski definition) is 2. The van der Waals surface area contributed by atoms with Crippen LogP contribution in [0.3, 0.4) is 0 Å². The molecule has 1 saturated carbocycles. The second-order valence-corrected chi connectivity index (χ2v) is 5.63. The summed E-state index contributed by atoms with van der Waals surface area (Å²) in [6.45, 7) is 2.19. The summed E-state index contributed by atoms with van der Waals surface area (Å²) in [6, 6.07) is -0.148. The van der Waals surface area contributed by atoms with Crippen LogP contribution in [0.15, 0.2) is 0 Å². The highest BCUT2D eigenvalue weighted by molar-refractivity contribution is 5.77. The predicted octanol–water partition coefficient (Wildman–Crippen LogP) is 3.11. The smallest absolute Gasteiger partial charge is 0.305 e. The van der Waals surface area contributed by atoms with Gasteiger partial charge in [0.05, 0.1) is 6.42 Å². The Morgan fingerprint density at radius 3 is 2.37 bits per heavy atom. The number of carboxylic acids is 1. The number of carbonyl (C=O) groups is 2. The van der Waals surface area contributed by atoms with E-state index < -0.39 is 5.97 Å². The summed E-state index contributed by atoms with van der Waals surface area (Å²) < 4.78 is 0. The standard InChI is InChI=1S/C15H27NO3/c1-2-3-4-5-6-7-8-14(17)16-13(11-15(18)19)12-9-10-12/h12-13H,2-11H2,1H3,(H,16,17)(H,18,19). The summed E-state index contributed by atoms with van der Waals surface area (Å²) >= 11 is 0. The average molecular weight is 269 g/mol. The molecular formula is C15H27NO3. The molecule has 1 aliphatic rings. The molecule has 0 aromatic heterocycles. The zero-order valence-electron chi connectivity index (χ0n) is 12.0. The highest BCUT2D eigenvalue weighted by Crippen LogP contribution is 2.34. The zero-order chi connectivity index (χ0) is 14.1. The van der Waals surface area contributed by atoms with Crippen LogP contribution in [0, 0.1) is 5.92 Å². The van der Waals surface area contributed by atoms with Gasteiger partial charge in [0.1, 0.15) is 0 Å². The molecule has 1 amide bonds. The minimum atomic E-state index is -0.822. The van der Waals surface area contributed by atoms with Crippen LogP contribution >= 0.6 is 0 Å². The molecule has 0 aliphatic heterocycles. The Hall–Kier alpha value is -1.06. The van der Waals surface area contributed by atoms with Crippen molar-refractivity contribution in [2.24, 2.45) is 5.92 Å². The van der Waals surface area contributed by atoms with E-state index in [2.05, 4.69) is 12.2 Å². The Labute approximate surface area is 116 Å². The van der Waals surface area contributed by atoms with Crippen LogP contribution in [0.2, 0.25) is 0 Å². The number of aliphatic carboxylic acids is 1. The Morgan fingerprint density at radius 2 is 1.79 bits per heavy atom. The van der Waals surface area contributed by atoms with E-state index in [4.69, 9.17) is 5.11 Å². The molecule has 19 heavy (non-hydrogen) atoms. The van der Waals surface area contributed by atoms with Crippen molar-refractivity contribution in [1.29, 1.82) is 0 Å². The number of rotatable bonds is 11. The van der Waals surface area contributed by atoms with Gasteiger partial charge in [0.15, 0.2) is 0 Å². The fraction of sp³-hybridized carbons (Fsp3) is 0.867. The average Bonchev–Trinajstić information content (AvgIpc) is 3.16. The summed E-state index contributed by atoms with van der Waals surface area (Å²) in [5.41, 5.74) is 0. The molecule has 0 radical (unpaired) electrons. The first-order valence-electron chi connectivity index (χ1n) is 7.64. The fourth-order valence-electron chi connectivity index (χ4n) is 2.37. The lowest BCUT2D eigenvalue weighted by Crippen LogP contribution is -2.37. The van der Waals surface area contributed by atoms with E-state index in [1.807, 2.05) is 0 Å². The van der Waals surface area contributed by atoms with Crippen LogP contribution in [0.5, 0.6) is 0 Å². The predicted molar refractivity (Wildman–Crippen MR) is 74.9 cm³/mol. The number of unbranched alkanes of at least 4 members (excludes halogenated alkanes) is 5. The third-order valence-electron chi connectivity index (χ3n) is 3.69. The second kappa shape index (κ2) is 8.94. The van der Waals surface area contributed by atoms with Crippen LogP contribution in [-0.4, -0.2) is 23.0 Å². The Balaban J connectivity index is 2.09. The molecule has 0 aromatic carbocycles. The number of hydrogen-bond donors (Lipinski definition) is 2. The van der Waals surface area contributed by atoms with Gasteiger partial charge in [-0.2, -0.15) is 0 Å². The van der Waals surface area contributed by atoms with E-state index in [0.717, 1.165) is 25.7 Å². The fourth-order valence-corrected chi connectivity index (χ4v) is 2.37. The quantitative estimate of drug-likeness (QED) is 0.566. The normalized spacial score (nSPS) is 16.1. The van der Waals surface area contributed by atoms with Crippen LogP contribution in [0.4, 0.5) is 0 Å². The Kier molecular flexibility index (Phi) is 7.53. The van der Waals surface area contributed by atoms with Crippen LogP contribution < -0.4 is 5.32 Å². The van der Waals surface area contributed by atoms with Gasteiger partial charge in [-0.3, -0.25) is 9.59 Å². The maximum Gasteiger partial charge on any atom is 0.305 e. The molecular weight excluding hydrogens is 242 g/mol. The lowest BCUT2D eigenvalue weighted by atomic mass is 10.1. The largest absolute Gasteiger partial charge is 0.481 e. The number of carboxylic acid groups (broad SMARTS) is 1. The van der Waals surface area contributed by atoms with E-state index in [0.29, 0.717) is 12.3 Å². The third-order valence-corrected chi connectivity index (χ3v) is 3.69. The first-order chi connectivity index (χ1) is 9.13. The minimum absolute atomic E-state index is 0.0219. The van der Waals surface area contributed by atoms with Gasteiger partial charge in [0.2, 0.25) is 5.91 Å². The van der Waals surface area contributed by atoms with Gasteiger partial charge >= 0.3 is 5.97 Å². The molecule has 2 N–H and O–H groups in total. The highest BCUT2D eigenvalue weighted by atomic mass is 16.4. The Bertz CT molecular complexity index is 287. The molecule has 4 heteroatoms. The summed E-state index contributed by atoms with van der Waals surface area (Å²) in [4.78, 5) is 22.5. The van der Waals surface area contributed by atoms with Crippen LogP contribution in [0.25, 0.3) is 0 Å². The molecule has 1 aliphatic carbocycles.